The standard InChI is InChI=1S/C29H33ClN6O5S/c30-23-9-8-21(17-31)22(15-23)18-33-28(38)26-7-4-14-36(26)29(39)25(16-27(37)34-24-10-12-32-13-11-24)35-42(40,41)19-20-5-2-1-3-6-20/h1-3,5-6,8-13,15,25-26,35H,4,7,14,16-19,31H2,(H,33,38)(H,32,34,37)/t25?,26-/m0/s1. The Kier molecular flexibility index (Phi) is 10.6. The monoisotopic (exact) mass is 612 g/mol. The molecule has 13 heteroatoms. The summed E-state index contributed by atoms with van der Waals surface area (Å²) in [6, 6.07) is 14.6. The van der Waals surface area contributed by atoms with Gasteiger partial charge in [0, 0.05) is 42.7 Å². The predicted molar refractivity (Wildman–Crippen MR) is 159 cm³/mol. The fraction of sp³-hybridized carbons (Fsp3) is 0.310. The number of likely N-dealkylation sites (tertiary alicyclic amines) is 1. The van der Waals surface area contributed by atoms with Gasteiger partial charge in [-0.3, -0.25) is 19.4 Å². The highest BCUT2D eigenvalue weighted by Crippen LogP contribution is 2.21. The second kappa shape index (κ2) is 14.4. The molecule has 1 aliphatic heterocycles. The molecule has 4 rings (SSSR count). The van der Waals surface area contributed by atoms with Crippen LogP contribution in [0.1, 0.15) is 36.0 Å². The number of nitrogens with zero attached hydrogens (tertiary/aromatic N) is 2. The third-order valence-electron chi connectivity index (χ3n) is 6.85. The summed E-state index contributed by atoms with van der Waals surface area (Å²) in [6.45, 7) is 0.666. The molecule has 1 aromatic heterocycles. The van der Waals surface area contributed by atoms with E-state index in [1.54, 1.807) is 60.7 Å². The summed E-state index contributed by atoms with van der Waals surface area (Å²) in [5.74, 6) is -2.00. The van der Waals surface area contributed by atoms with Crippen LogP contribution in [0.3, 0.4) is 0 Å². The number of carbonyl (C=O) groups is 3. The first-order chi connectivity index (χ1) is 20.1. The van der Waals surface area contributed by atoms with E-state index in [1.807, 2.05) is 0 Å². The van der Waals surface area contributed by atoms with Crippen molar-refractivity contribution in [2.24, 2.45) is 5.73 Å². The quantitative estimate of drug-likeness (QED) is 0.244. The Morgan fingerprint density at radius 1 is 1.05 bits per heavy atom. The molecule has 0 radical (unpaired) electrons. The lowest BCUT2D eigenvalue weighted by Gasteiger charge is -2.28. The van der Waals surface area contributed by atoms with Crippen LogP contribution in [-0.4, -0.2) is 54.7 Å². The predicted octanol–water partition coefficient (Wildman–Crippen LogP) is 2.32. The van der Waals surface area contributed by atoms with Crippen LogP contribution in [0.5, 0.6) is 0 Å². The summed E-state index contributed by atoms with van der Waals surface area (Å²) >= 11 is 6.11. The van der Waals surface area contributed by atoms with E-state index in [0.717, 1.165) is 11.1 Å². The molecular formula is C29H33ClN6O5S. The zero-order valence-electron chi connectivity index (χ0n) is 22.8. The van der Waals surface area contributed by atoms with Gasteiger partial charge < -0.3 is 21.3 Å². The smallest absolute Gasteiger partial charge is 0.243 e. The maximum atomic E-state index is 13.8. The molecule has 222 valence electrons. The van der Waals surface area contributed by atoms with Gasteiger partial charge in [-0.1, -0.05) is 48.0 Å². The average molecular weight is 613 g/mol. The Hall–Kier alpha value is -3.84. The lowest BCUT2D eigenvalue weighted by molar-refractivity contribution is -0.140. The number of anilines is 1. The lowest BCUT2D eigenvalue weighted by Crippen LogP contribution is -2.54. The Morgan fingerprint density at radius 2 is 1.79 bits per heavy atom. The van der Waals surface area contributed by atoms with Crippen LogP contribution in [0.15, 0.2) is 73.1 Å². The third-order valence-corrected chi connectivity index (χ3v) is 8.44. The molecule has 3 aromatic rings. The van der Waals surface area contributed by atoms with Crippen LogP contribution >= 0.6 is 11.6 Å². The van der Waals surface area contributed by atoms with Gasteiger partial charge in [-0.15, -0.1) is 0 Å². The number of nitrogens with two attached hydrogens (primary N) is 1. The number of pyridine rings is 1. The molecule has 1 saturated heterocycles. The number of halogens is 1. The SMILES string of the molecule is NCc1ccc(Cl)cc1CNC(=O)[C@@H]1CCCN1C(=O)C(CC(=O)Nc1ccncc1)NS(=O)(=O)Cc1ccccc1. The van der Waals surface area contributed by atoms with Crippen LogP contribution in [0.25, 0.3) is 0 Å². The molecule has 1 fully saturated rings. The van der Waals surface area contributed by atoms with Crippen molar-refractivity contribution in [2.45, 2.75) is 50.2 Å². The molecule has 1 unspecified atom stereocenters. The van der Waals surface area contributed by atoms with Crippen molar-refractivity contribution in [2.75, 3.05) is 11.9 Å². The Morgan fingerprint density at radius 3 is 2.50 bits per heavy atom. The van der Waals surface area contributed by atoms with E-state index in [2.05, 4.69) is 20.3 Å². The first-order valence-electron chi connectivity index (χ1n) is 13.4. The van der Waals surface area contributed by atoms with Gasteiger partial charge in [0.25, 0.3) is 0 Å². The summed E-state index contributed by atoms with van der Waals surface area (Å²) < 4.78 is 28.6. The number of nitrogens with one attached hydrogen (secondary N) is 3. The van der Waals surface area contributed by atoms with Gasteiger partial charge in [0.2, 0.25) is 27.7 Å². The molecule has 2 atom stereocenters. The molecule has 42 heavy (non-hydrogen) atoms. The van der Waals surface area contributed by atoms with E-state index in [-0.39, 0.29) is 25.4 Å². The van der Waals surface area contributed by atoms with Crippen LogP contribution in [-0.2, 0) is 43.2 Å². The minimum absolute atomic E-state index is 0.159. The van der Waals surface area contributed by atoms with E-state index in [1.165, 1.54) is 17.3 Å². The molecule has 3 amide bonds. The van der Waals surface area contributed by atoms with E-state index < -0.39 is 46.2 Å². The van der Waals surface area contributed by atoms with E-state index in [0.29, 0.717) is 29.1 Å². The van der Waals surface area contributed by atoms with Crippen molar-refractivity contribution in [1.29, 1.82) is 0 Å². The summed E-state index contributed by atoms with van der Waals surface area (Å²) in [6.07, 6.45) is 3.45. The number of aromatic nitrogens is 1. The number of sulfonamides is 1. The maximum Gasteiger partial charge on any atom is 0.243 e. The number of benzene rings is 2. The van der Waals surface area contributed by atoms with Gasteiger partial charge >= 0.3 is 0 Å². The van der Waals surface area contributed by atoms with Crippen molar-refractivity contribution < 1.29 is 22.8 Å². The topological polar surface area (TPSA) is 164 Å². The van der Waals surface area contributed by atoms with E-state index >= 15 is 0 Å². The van der Waals surface area contributed by atoms with Crippen LogP contribution in [0.2, 0.25) is 5.02 Å². The van der Waals surface area contributed by atoms with E-state index in [9.17, 15) is 22.8 Å². The highest BCUT2D eigenvalue weighted by Gasteiger charge is 2.39. The largest absolute Gasteiger partial charge is 0.350 e. The van der Waals surface area contributed by atoms with Gasteiger partial charge in [0.15, 0.2) is 0 Å². The first kappa shape index (κ1) is 31.1. The molecule has 0 saturated carbocycles. The normalized spacial score (nSPS) is 15.7. The molecule has 5 N–H and O–H groups in total. The van der Waals surface area contributed by atoms with Crippen molar-refractivity contribution in [3.8, 4) is 0 Å². The van der Waals surface area contributed by atoms with Crippen LogP contribution in [0.4, 0.5) is 5.69 Å². The maximum absolute atomic E-state index is 13.8. The summed E-state index contributed by atoms with van der Waals surface area (Å²) in [4.78, 5) is 45.2. The van der Waals surface area contributed by atoms with E-state index in [4.69, 9.17) is 17.3 Å². The molecule has 0 spiro atoms. The van der Waals surface area contributed by atoms with Gasteiger partial charge in [-0.25, -0.2) is 13.1 Å². The van der Waals surface area contributed by atoms with Gasteiger partial charge in [-0.05, 0) is 53.8 Å². The van der Waals surface area contributed by atoms with Crippen molar-refractivity contribution in [1.82, 2.24) is 19.9 Å². The second-order valence-corrected chi connectivity index (χ2v) is 12.1. The second-order valence-electron chi connectivity index (χ2n) is 9.93. The Balaban J connectivity index is 1.50. The number of carbonyl (C=O) groups excluding carboxylic acids is 3. The molecule has 0 aliphatic carbocycles. The van der Waals surface area contributed by atoms with Crippen molar-refractivity contribution in [3.05, 3.63) is 94.8 Å². The minimum Gasteiger partial charge on any atom is -0.350 e. The highest BCUT2D eigenvalue weighted by molar-refractivity contribution is 7.88. The van der Waals surface area contributed by atoms with Gasteiger partial charge in [0.05, 0.1) is 12.2 Å². The summed E-state index contributed by atoms with van der Waals surface area (Å²) in [5, 5.41) is 6.01. The van der Waals surface area contributed by atoms with Gasteiger partial charge in [0.1, 0.15) is 12.1 Å². The third kappa shape index (κ3) is 8.58. The fourth-order valence-electron chi connectivity index (χ4n) is 4.83. The zero-order chi connectivity index (χ0) is 30.1. The van der Waals surface area contributed by atoms with Crippen molar-refractivity contribution >= 4 is 45.0 Å². The lowest BCUT2D eigenvalue weighted by atomic mass is 10.1. The highest BCUT2D eigenvalue weighted by atomic mass is 35.5. The van der Waals surface area contributed by atoms with Crippen LogP contribution in [0, 0.1) is 0 Å². The average Bonchev–Trinajstić information content (AvgIpc) is 3.46. The van der Waals surface area contributed by atoms with Gasteiger partial charge in [-0.2, -0.15) is 0 Å². The Labute approximate surface area is 249 Å². The number of hydrogen-bond acceptors (Lipinski definition) is 7. The van der Waals surface area contributed by atoms with Crippen LogP contribution < -0.4 is 21.1 Å². The molecule has 11 nitrogen and oxygen atoms in total. The number of hydrogen-bond donors (Lipinski definition) is 4. The first-order valence-corrected chi connectivity index (χ1v) is 15.5. The number of amides is 3. The molecule has 0 bridgehead atoms. The number of rotatable bonds is 12. The summed E-state index contributed by atoms with van der Waals surface area (Å²) in [7, 11) is -4.04. The zero-order valence-corrected chi connectivity index (χ0v) is 24.4. The molecule has 1 aliphatic rings. The Bertz CT molecular complexity index is 1510. The molecule has 2 heterocycles. The molecular weight excluding hydrogens is 580 g/mol. The van der Waals surface area contributed by atoms with Crippen molar-refractivity contribution in [3.63, 3.8) is 0 Å². The fourth-order valence-corrected chi connectivity index (χ4v) is 6.35. The minimum atomic E-state index is -4.04. The summed E-state index contributed by atoms with van der Waals surface area (Å²) in [5.41, 5.74) is 8.37. The molecule has 2 aromatic carbocycles.